The molecule has 0 spiro atoms. The first kappa shape index (κ1) is 14.5. The average molecular weight is 290 g/mol. The summed E-state index contributed by atoms with van der Waals surface area (Å²) >= 11 is 0. The van der Waals surface area contributed by atoms with Crippen molar-refractivity contribution in [1.82, 2.24) is 10.6 Å². The van der Waals surface area contributed by atoms with E-state index in [1.807, 2.05) is 12.1 Å². The minimum Gasteiger partial charge on any atom is -0.388 e. The molecule has 1 fully saturated rings. The second kappa shape index (κ2) is 6.13. The second-order valence-electron chi connectivity index (χ2n) is 5.96. The summed E-state index contributed by atoms with van der Waals surface area (Å²) in [5.41, 5.74) is 1.66. The number of nitrogens with one attached hydrogen (secondary N) is 2. The van der Waals surface area contributed by atoms with Crippen molar-refractivity contribution in [3.8, 4) is 0 Å². The number of hydrogen-bond acceptors (Lipinski definition) is 4. The van der Waals surface area contributed by atoms with Crippen LogP contribution in [0.2, 0.25) is 0 Å². The molecule has 0 unspecified atom stereocenters. The Morgan fingerprint density at radius 3 is 2.81 bits per heavy atom. The van der Waals surface area contributed by atoms with Crippen LogP contribution in [-0.4, -0.2) is 42.4 Å². The maximum Gasteiger partial charge on any atom is 0.237 e. The molecule has 0 saturated carbocycles. The largest absolute Gasteiger partial charge is 0.388 e. The van der Waals surface area contributed by atoms with Crippen LogP contribution in [0, 0.1) is 0 Å². The van der Waals surface area contributed by atoms with Crippen LogP contribution < -0.4 is 10.6 Å². The first-order valence-electron chi connectivity index (χ1n) is 7.54. The lowest BCUT2D eigenvalue weighted by Crippen LogP contribution is -2.53. The highest BCUT2D eigenvalue weighted by Gasteiger charge is 2.31. The van der Waals surface area contributed by atoms with E-state index in [-0.39, 0.29) is 11.9 Å². The van der Waals surface area contributed by atoms with Gasteiger partial charge in [0.15, 0.2) is 0 Å². The topological polar surface area (TPSA) is 70.6 Å². The Labute approximate surface area is 124 Å². The Hall–Kier alpha value is -1.43. The molecule has 0 radical (unpaired) electrons. The van der Waals surface area contributed by atoms with Gasteiger partial charge in [-0.2, -0.15) is 0 Å². The summed E-state index contributed by atoms with van der Waals surface area (Å²) in [7, 11) is 0. The third-order valence-corrected chi connectivity index (χ3v) is 4.41. The van der Waals surface area contributed by atoms with Gasteiger partial charge in [-0.1, -0.05) is 24.3 Å². The number of rotatable bonds is 3. The maximum absolute atomic E-state index is 12.3. The Bertz CT molecular complexity index is 512. The minimum atomic E-state index is -0.819. The highest BCUT2D eigenvalue weighted by Crippen LogP contribution is 2.20. The van der Waals surface area contributed by atoms with Gasteiger partial charge in [0.2, 0.25) is 5.91 Å². The molecule has 0 aromatic heterocycles. The van der Waals surface area contributed by atoms with Gasteiger partial charge in [0.1, 0.15) is 0 Å². The number of hydrogen-bond donors (Lipinski definition) is 3. The molecule has 0 bridgehead atoms. The van der Waals surface area contributed by atoms with Crippen LogP contribution in [0.25, 0.3) is 0 Å². The highest BCUT2D eigenvalue weighted by molar-refractivity contribution is 5.82. The zero-order valence-electron chi connectivity index (χ0n) is 12.1. The highest BCUT2D eigenvalue weighted by atomic mass is 16.5. The quantitative estimate of drug-likeness (QED) is 0.752. The van der Waals surface area contributed by atoms with Crippen LogP contribution in [0.5, 0.6) is 0 Å². The number of carbonyl (C=O) groups excluding carboxylic acids is 1. The summed E-state index contributed by atoms with van der Waals surface area (Å²) in [4.78, 5) is 12.3. The van der Waals surface area contributed by atoms with Gasteiger partial charge in [0.05, 0.1) is 11.6 Å². The van der Waals surface area contributed by atoms with Gasteiger partial charge in [-0.3, -0.25) is 4.79 Å². The van der Waals surface area contributed by atoms with Crippen LogP contribution in [-0.2, 0) is 22.5 Å². The van der Waals surface area contributed by atoms with Crippen LogP contribution in [0.1, 0.15) is 24.0 Å². The summed E-state index contributed by atoms with van der Waals surface area (Å²) in [5, 5.41) is 16.5. The van der Waals surface area contributed by atoms with Crippen LogP contribution >= 0.6 is 0 Å². The van der Waals surface area contributed by atoms with Crippen molar-refractivity contribution in [2.45, 2.75) is 37.5 Å². The predicted octanol–water partition coefficient (Wildman–Crippen LogP) is 0.359. The Morgan fingerprint density at radius 2 is 2.05 bits per heavy atom. The molecule has 1 atom stereocenters. The van der Waals surface area contributed by atoms with Crippen molar-refractivity contribution in [2.24, 2.45) is 0 Å². The summed E-state index contributed by atoms with van der Waals surface area (Å²) in [6.07, 6.45) is 1.85. The number of fused-ring (bicyclic) bond motifs is 1. The molecule has 3 rings (SSSR count). The summed E-state index contributed by atoms with van der Waals surface area (Å²) in [6, 6.07) is 7.96. The number of benzene rings is 1. The second-order valence-corrected chi connectivity index (χ2v) is 5.96. The van der Waals surface area contributed by atoms with Gasteiger partial charge in [0.25, 0.3) is 0 Å². The predicted molar refractivity (Wildman–Crippen MR) is 78.8 cm³/mol. The molecule has 2 heterocycles. The van der Waals surface area contributed by atoms with E-state index in [4.69, 9.17) is 4.74 Å². The van der Waals surface area contributed by atoms with Gasteiger partial charge in [-0.15, -0.1) is 0 Å². The van der Waals surface area contributed by atoms with Gasteiger partial charge in [-0.05, 0) is 17.5 Å². The van der Waals surface area contributed by atoms with Gasteiger partial charge in [-0.25, -0.2) is 0 Å². The van der Waals surface area contributed by atoms with Crippen LogP contribution in [0.3, 0.4) is 0 Å². The minimum absolute atomic E-state index is 0.0376. The molecule has 1 amide bonds. The molecule has 1 aromatic carbocycles. The van der Waals surface area contributed by atoms with E-state index in [1.165, 1.54) is 11.1 Å². The molecular formula is C16H22N2O3. The smallest absolute Gasteiger partial charge is 0.237 e. The average Bonchev–Trinajstić information content (AvgIpc) is 2.53. The number of ether oxygens (including phenoxy) is 1. The van der Waals surface area contributed by atoms with Gasteiger partial charge < -0.3 is 20.5 Å². The Kier molecular flexibility index (Phi) is 4.24. The molecule has 3 N–H and O–H groups in total. The third kappa shape index (κ3) is 3.43. The number of carbonyl (C=O) groups is 1. The molecule has 2 aliphatic heterocycles. The standard InChI is InChI=1S/C16H22N2O3/c19-15(18-11-16(20)5-7-21-8-6-16)14-9-12-3-1-2-4-13(12)10-17-14/h1-4,14,17,20H,5-11H2,(H,18,19)/t14-/m1/s1. The molecule has 5 nitrogen and oxygen atoms in total. The Balaban J connectivity index is 1.55. The SMILES string of the molecule is O=C(NCC1(O)CCOCC1)[C@H]1Cc2ccccc2CN1. The lowest BCUT2D eigenvalue weighted by molar-refractivity contribution is -0.126. The fourth-order valence-electron chi connectivity index (χ4n) is 2.94. The van der Waals surface area contributed by atoms with Crippen molar-refractivity contribution in [3.05, 3.63) is 35.4 Å². The van der Waals surface area contributed by atoms with E-state index in [9.17, 15) is 9.90 Å². The molecule has 1 saturated heterocycles. The zero-order chi connectivity index (χ0) is 14.7. The zero-order valence-corrected chi connectivity index (χ0v) is 12.1. The van der Waals surface area contributed by atoms with Crippen molar-refractivity contribution < 1.29 is 14.6 Å². The van der Waals surface area contributed by atoms with Crippen molar-refractivity contribution >= 4 is 5.91 Å². The number of amides is 1. The lowest BCUT2D eigenvalue weighted by Gasteiger charge is -2.33. The first-order valence-corrected chi connectivity index (χ1v) is 7.54. The molecular weight excluding hydrogens is 268 g/mol. The first-order chi connectivity index (χ1) is 10.2. The molecule has 2 aliphatic rings. The van der Waals surface area contributed by atoms with Crippen LogP contribution in [0.15, 0.2) is 24.3 Å². The van der Waals surface area contributed by atoms with E-state index in [0.717, 1.165) is 0 Å². The molecule has 21 heavy (non-hydrogen) atoms. The van der Waals surface area contributed by atoms with E-state index in [2.05, 4.69) is 22.8 Å². The lowest BCUT2D eigenvalue weighted by atomic mass is 9.93. The molecule has 114 valence electrons. The molecule has 5 heteroatoms. The van der Waals surface area contributed by atoms with E-state index in [1.54, 1.807) is 0 Å². The molecule has 0 aliphatic carbocycles. The maximum atomic E-state index is 12.3. The van der Waals surface area contributed by atoms with Crippen molar-refractivity contribution in [3.63, 3.8) is 0 Å². The van der Waals surface area contributed by atoms with Crippen molar-refractivity contribution in [2.75, 3.05) is 19.8 Å². The summed E-state index contributed by atoms with van der Waals surface area (Å²) in [5.74, 6) is -0.0376. The monoisotopic (exact) mass is 290 g/mol. The van der Waals surface area contributed by atoms with Gasteiger partial charge in [0, 0.05) is 39.1 Å². The third-order valence-electron chi connectivity index (χ3n) is 4.41. The molecule has 1 aromatic rings. The normalized spacial score (nSPS) is 24.1. The van der Waals surface area contributed by atoms with E-state index >= 15 is 0 Å². The van der Waals surface area contributed by atoms with E-state index < -0.39 is 5.60 Å². The van der Waals surface area contributed by atoms with E-state index in [0.29, 0.717) is 45.6 Å². The number of aliphatic hydroxyl groups is 1. The fraction of sp³-hybridized carbons (Fsp3) is 0.562. The van der Waals surface area contributed by atoms with Crippen LogP contribution in [0.4, 0.5) is 0 Å². The van der Waals surface area contributed by atoms with Crippen molar-refractivity contribution in [1.29, 1.82) is 0 Å². The fourth-order valence-corrected chi connectivity index (χ4v) is 2.94. The summed E-state index contributed by atoms with van der Waals surface area (Å²) in [6.45, 7) is 2.13. The Morgan fingerprint density at radius 1 is 1.33 bits per heavy atom. The summed E-state index contributed by atoms with van der Waals surface area (Å²) < 4.78 is 5.24. The van der Waals surface area contributed by atoms with Gasteiger partial charge >= 0.3 is 0 Å².